The van der Waals surface area contributed by atoms with E-state index in [-0.39, 0.29) is 5.91 Å². The Bertz CT molecular complexity index is 1280. The van der Waals surface area contributed by atoms with Crippen molar-refractivity contribution < 1.29 is 4.79 Å². The Morgan fingerprint density at radius 1 is 1.23 bits per heavy atom. The molecule has 0 aliphatic heterocycles. The summed E-state index contributed by atoms with van der Waals surface area (Å²) in [6.45, 7) is 6.06. The Morgan fingerprint density at radius 2 is 2.09 bits per heavy atom. The Labute approximate surface area is 205 Å². The highest BCUT2D eigenvalue weighted by Gasteiger charge is 2.25. The summed E-state index contributed by atoms with van der Waals surface area (Å²) in [6.07, 6.45) is 13.1. The van der Waals surface area contributed by atoms with Crippen molar-refractivity contribution in [3.8, 4) is 11.4 Å². The highest BCUT2D eigenvalue weighted by Crippen LogP contribution is 2.39. The maximum atomic E-state index is 13.2. The summed E-state index contributed by atoms with van der Waals surface area (Å²) in [5.74, 6) is 1.16. The molecule has 5 rings (SSSR count). The molecule has 1 aromatic carbocycles. The van der Waals surface area contributed by atoms with Crippen molar-refractivity contribution in [3.63, 3.8) is 0 Å². The van der Waals surface area contributed by atoms with E-state index in [0.717, 1.165) is 41.1 Å². The lowest BCUT2D eigenvalue weighted by atomic mass is 9.92. The van der Waals surface area contributed by atoms with Gasteiger partial charge >= 0.3 is 0 Å². The zero-order valence-electron chi connectivity index (χ0n) is 20.0. The summed E-state index contributed by atoms with van der Waals surface area (Å²) in [7, 11) is 0. The van der Waals surface area contributed by atoms with Crippen LogP contribution in [0.5, 0.6) is 0 Å². The molecule has 0 unspecified atom stereocenters. The number of benzene rings is 1. The van der Waals surface area contributed by atoms with Crippen LogP contribution in [0, 0.1) is 0 Å². The molecule has 35 heavy (non-hydrogen) atoms. The van der Waals surface area contributed by atoms with Gasteiger partial charge in [0.25, 0.3) is 5.91 Å². The first-order chi connectivity index (χ1) is 17.1. The van der Waals surface area contributed by atoms with Gasteiger partial charge in [-0.05, 0) is 74.4 Å². The Kier molecular flexibility index (Phi) is 6.66. The van der Waals surface area contributed by atoms with E-state index < -0.39 is 0 Å². The molecule has 1 amide bonds. The molecule has 0 saturated heterocycles. The van der Waals surface area contributed by atoms with Crippen molar-refractivity contribution in [2.45, 2.75) is 51.0 Å². The van der Waals surface area contributed by atoms with E-state index in [4.69, 9.17) is 0 Å². The van der Waals surface area contributed by atoms with Crippen LogP contribution in [0.2, 0.25) is 0 Å². The minimum absolute atomic E-state index is 0.272. The molecule has 2 aliphatic carbocycles. The van der Waals surface area contributed by atoms with E-state index in [0.29, 0.717) is 29.9 Å². The fraction of sp³-hybridized carbons (Fsp3) is 0.321. The number of pyridine rings is 1. The number of amides is 1. The van der Waals surface area contributed by atoms with Crippen LogP contribution in [0.25, 0.3) is 17.0 Å². The van der Waals surface area contributed by atoms with E-state index in [1.807, 2.05) is 43.5 Å². The largest absolute Gasteiger partial charge is 0.321 e. The van der Waals surface area contributed by atoms with Gasteiger partial charge in [-0.15, -0.1) is 16.8 Å². The first-order valence-corrected chi connectivity index (χ1v) is 12.2. The second-order valence-corrected chi connectivity index (χ2v) is 9.27. The van der Waals surface area contributed by atoms with Crippen molar-refractivity contribution in [1.82, 2.24) is 19.7 Å². The van der Waals surface area contributed by atoms with E-state index in [1.165, 1.54) is 19.3 Å². The van der Waals surface area contributed by atoms with E-state index in [9.17, 15) is 4.79 Å². The molecule has 2 saturated carbocycles. The van der Waals surface area contributed by atoms with Crippen molar-refractivity contribution >= 4 is 22.9 Å². The summed E-state index contributed by atoms with van der Waals surface area (Å²) in [4.78, 5) is 22.2. The number of nitrogens with one attached hydrogen (secondary N) is 1. The van der Waals surface area contributed by atoms with E-state index >= 15 is 0 Å². The van der Waals surface area contributed by atoms with Crippen LogP contribution in [0.4, 0.5) is 5.69 Å². The van der Waals surface area contributed by atoms with Crippen molar-refractivity contribution in [1.29, 1.82) is 0 Å². The van der Waals surface area contributed by atoms with Gasteiger partial charge < -0.3 is 9.88 Å². The maximum Gasteiger partial charge on any atom is 0.273 e. The smallest absolute Gasteiger partial charge is 0.273 e. The van der Waals surface area contributed by atoms with Crippen LogP contribution in [-0.4, -0.2) is 37.9 Å². The number of carbonyl (C=O) groups excluding carboxylic acids is 1. The maximum absolute atomic E-state index is 13.2. The number of aromatic nitrogens is 4. The molecule has 7 heteroatoms. The van der Waals surface area contributed by atoms with Gasteiger partial charge in [0.1, 0.15) is 12.0 Å². The molecule has 178 valence electrons. The molecule has 0 bridgehead atoms. The van der Waals surface area contributed by atoms with Crippen LogP contribution in [0.1, 0.15) is 62.2 Å². The molecule has 2 aliphatic rings. The lowest BCUT2D eigenvalue weighted by molar-refractivity contribution is -0.110. The summed E-state index contributed by atoms with van der Waals surface area (Å²) < 4.78 is 2.13. The van der Waals surface area contributed by atoms with Gasteiger partial charge in [0.15, 0.2) is 5.82 Å². The third-order valence-corrected chi connectivity index (χ3v) is 6.63. The second kappa shape index (κ2) is 10.2. The number of hydrogen-bond acceptors (Lipinski definition) is 5. The van der Waals surface area contributed by atoms with Gasteiger partial charge in [0, 0.05) is 35.1 Å². The number of rotatable bonds is 9. The number of nitrogens with zero attached hydrogens (tertiary/aromatic N) is 5. The van der Waals surface area contributed by atoms with E-state index in [1.54, 1.807) is 12.4 Å². The van der Waals surface area contributed by atoms with Gasteiger partial charge in [-0.2, -0.15) is 0 Å². The van der Waals surface area contributed by atoms with Crippen LogP contribution in [0.3, 0.4) is 0 Å². The van der Waals surface area contributed by atoms with Gasteiger partial charge in [0.2, 0.25) is 0 Å². The zero-order chi connectivity index (χ0) is 24.2. The molecular formula is C28H30N6O. The lowest BCUT2D eigenvalue weighted by Gasteiger charge is -2.27. The molecule has 7 nitrogen and oxygen atoms in total. The summed E-state index contributed by atoms with van der Waals surface area (Å²) >= 11 is 0. The number of hydrogen-bond donors (Lipinski definition) is 1. The molecule has 3 aromatic rings. The quantitative estimate of drug-likeness (QED) is 0.328. The lowest BCUT2D eigenvalue weighted by Crippen LogP contribution is -2.22. The fourth-order valence-corrected chi connectivity index (χ4v) is 4.21. The summed E-state index contributed by atoms with van der Waals surface area (Å²) in [5.41, 5.74) is 5.00. The minimum Gasteiger partial charge on any atom is -0.321 e. The van der Waals surface area contributed by atoms with Gasteiger partial charge in [-0.3, -0.25) is 14.8 Å². The van der Waals surface area contributed by atoms with Crippen molar-refractivity contribution in [2.24, 2.45) is 4.99 Å². The molecule has 2 fully saturated rings. The highest BCUT2D eigenvalue weighted by atomic mass is 16.1. The van der Waals surface area contributed by atoms with Crippen LogP contribution >= 0.6 is 0 Å². The average molecular weight is 467 g/mol. The van der Waals surface area contributed by atoms with E-state index in [2.05, 4.69) is 48.8 Å². The third-order valence-electron chi connectivity index (χ3n) is 6.63. The molecular weight excluding hydrogens is 436 g/mol. The molecule has 2 heterocycles. The molecule has 2 aromatic heterocycles. The first kappa shape index (κ1) is 22.9. The molecule has 0 spiro atoms. The topological polar surface area (TPSA) is 85.1 Å². The number of anilines is 1. The number of carbonyl (C=O) groups is 1. The van der Waals surface area contributed by atoms with Gasteiger partial charge in [-0.1, -0.05) is 24.3 Å². The standard InChI is InChI=1S/C28H30N6O/c1-3-14-29-26(15-19(2)22-12-13-25(30-17-22)20-10-11-20)28(35)32-23-7-4-6-21(16-23)27-33-31-18-34(27)24-8-5-9-24/h3-4,6-7,12-13,15-18,20,24H,1,5,8-11,14H2,2H3,(H,32,35)/b19-15+,29-26+. The van der Waals surface area contributed by atoms with Crippen molar-refractivity contribution in [2.75, 3.05) is 11.9 Å². The predicted octanol–water partition coefficient (Wildman–Crippen LogP) is 5.61. The predicted molar refractivity (Wildman–Crippen MR) is 139 cm³/mol. The Morgan fingerprint density at radius 3 is 2.77 bits per heavy atom. The SMILES string of the molecule is C=CC/N=C(\C=C(/C)c1ccc(C2CC2)nc1)C(=O)Nc1cccc(-c2nncn2C2CCC2)c1. The first-order valence-electron chi connectivity index (χ1n) is 12.2. The summed E-state index contributed by atoms with van der Waals surface area (Å²) in [5, 5.41) is 11.4. The Balaban J connectivity index is 1.34. The molecule has 0 atom stereocenters. The zero-order valence-corrected chi connectivity index (χ0v) is 20.0. The fourth-order valence-electron chi connectivity index (χ4n) is 4.21. The van der Waals surface area contributed by atoms with Crippen LogP contribution in [0.15, 0.2) is 72.6 Å². The number of allylic oxidation sites excluding steroid dienone is 1. The van der Waals surface area contributed by atoms with Gasteiger partial charge in [0.05, 0.1) is 6.54 Å². The Hall–Kier alpha value is -3.87. The van der Waals surface area contributed by atoms with Crippen molar-refractivity contribution in [3.05, 3.63) is 78.9 Å². The van der Waals surface area contributed by atoms with Crippen LogP contribution < -0.4 is 5.32 Å². The second-order valence-electron chi connectivity index (χ2n) is 9.27. The minimum atomic E-state index is -0.272. The van der Waals surface area contributed by atoms with Gasteiger partial charge in [-0.25, -0.2) is 0 Å². The normalized spacial score (nSPS) is 16.6. The van der Waals surface area contributed by atoms with Crippen LogP contribution in [-0.2, 0) is 4.79 Å². The highest BCUT2D eigenvalue weighted by molar-refractivity contribution is 6.48. The number of aliphatic imine (C=N–C) groups is 1. The average Bonchev–Trinajstić information content (AvgIpc) is 3.59. The third kappa shape index (κ3) is 5.29. The summed E-state index contributed by atoms with van der Waals surface area (Å²) in [6, 6.07) is 12.3. The monoisotopic (exact) mass is 466 g/mol. The molecule has 0 radical (unpaired) electrons. The molecule has 1 N–H and O–H groups in total.